The standard InChI is InChI=1S/C17H28N2O4S/c1-13-9-14(2)17(15(3)10-13)19(24(4,21)22)12-16(20)11-18-5-7-23-8-6-18/h9-10,16,20H,5-8,11-12H2,1-4H3. The van der Waals surface area contributed by atoms with Gasteiger partial charge in [0.25, 0.3) is 0 Å². The zero-order valence-electron chi connectivity index (χ0n) is 14.9. The summed E-state index contributed by atoms with van der Waals surface area (Å²) in [6.45, 7) is 9.13. The number of aliphatic hydroxyl groups is 1. The van der Waals surface area contributed by atoms with Crippen molar-refractivity contribution < 1.29 is 18.3 Å². The van der Waals surface area contributed by atoms with Crippen molar-refractivity contribution in [3.05, 3.63) is 28.8 Å². The first kappa shape index (κ1) is 19.2. The third-order valence-corrected chi connectivity index (χ3v) is 5.37. The summed E-state index contributed by atoms with van der Waals surface area (Å²) >= 11 is 0. The fourth-order valence-corrected chi connectivity index (χ4v) is 4.35. The zero-order chi connectivity index (χ0) is 17.9. The van der Waals surface area contributed by atoms with Gasteiger partial charge < -0.3 is 9.84 Å². The minimum Gasteiger partial charge on any atom is -0.390 e. The van der Waals surface area contributed by atoms with Crippen molar-refractivity contribution in [1.82, 2.24) is 4.90 Å². The number of rotatable bonds is 6. The van der Waals surface area contributed by atoms with Crippen molar-refractivity contribution in [3.63, 3.8) is 0 Å². The molecule has 1 aliphatic heterocycles. The van der Waals surface area contributed by atoms with E-state index in [9.17, 15) is 13.5 Å². The number of morpholine rings is 1. The first-order valence-electron chi connectivity index (χ1n) is 8.22. The molecule has 6 nitrogen and oxygen atoms in total. The predicted molar refractivity (Wildman–Crippen MR) is 96.1 cm³/mol. The van der Waals surface area contributed by atoms with E-state index in [-0.39, 0.29) is 6.54 Å². The van der Waals surface area contributed by atoms with Crippen molar-refractivity contribution in [2.75, 3.05) is 50.0 Å². The maximum atomic E-state index is 12.3. The SMILES string of the molecule is Cc1cc(C)c(N(CC(O)CN2CCOCC2)S(C)(=O)=O)c(C)c1. The minimum absolute atomic E-state index is 0.0565. The van der Waals surface area contributed by atoms with Gasteiger partial charge in [-0.05, 0) is 31.9 Å². The summed E-state index contributed by atoms with van der Waals surface area (Å²) < 4.78 is 31.3. The fourth-order valence-electron chi connectivity index (χ4n) is 3.29. The lowest BCUT2D eigenvalue weighted by Gasteiger charge is -2.32. The molecule has 0 aromatic heterocycles. The van der Waals surface area contributed by atoms with Crippen LogP contribution in [0.1, 0.15) is 16.7 Å². The van der Waals surface area contributed by atoms with Gasteiger partial charge in [0.05, 0.1) is 37.8 Å². The van der Waals surface area contributed by atoms with Crippen molar-refractivity contribution in [3.8, 4) is 0 Å². The number of aliphatic hydroxyl groups excluding tert-OH is 1. The number of ether oxygens (including phenoxy) is 1. The van der Waals surface area contributed by atoms with Crippen LogP contribution in [0.4, 0.5) is 5.69 Å². The van der Waals surface area contributed by atoms with Crippen LogP contribution < -0.4 is 4.31 Å². The van der Waals surface area contributed by atoms with Crippen LogP contribution in [-0.2, 0) is 14.8 Å². The van der Waals surface area contributed by atoms with Crippen LogP contribution in [0.2, 0.25) is 0 Å². The van der Waals surface area contributed by atoms with Gasteiger partial charge in [-0.15, -0.1) is 0 Å². The van der Waals surface area contributed by atoms with Gasteiger partial charge in [0.1, 0.15) is 0 Å². The fraction of sp³-hybridized carbons (Fsp3) is 0.647. The number of aryl methyl sites for hydroxylation is 3. The average Bonchev–Trinajstić information content (AvgIpc) is 2.45. The summed E-state index contributed by atoms with van der Waals surface area (Å²) in [6, 6.07) is 3.93. The van der Waals surface area contributed by atoms with Crippen LogP contribution in [0, 0.1) is 20.8 Å². The second-order valence-electron chi connectivity index (χ2n) is 6.61. The topological polar surface area (TPSA) is 70.1 Å². The van der Waals surface area contributed by atoms with Gasteiger partial charge in [-0.25, -0.2) is 8.42 Å². The molecule has 136 valence electrons. The summed E-state index contributed by atoms with van der Waals surface area (Å²) in [7, 11) is -3.48. The third kappa shape index (κ3) is 4.92. The summed E-state index contributed by atoms with van der Waals surface area (Å²) in [5.41, 5.74) is 3.56. The van der Waals surface area contributed by atoms with Gasteiger partial charge >= 0.3 is 0 Å². The van der Waals surface area contributed by atoms with E-state index < -0.39 is 16.1 Å². The molecule has 0 spiro atoms. The Bertz CT molecular complexity index is 646. The molecular weight excluding hydrogens is 328 g/mol. The van der Waals surface area contributed by atoms with Gasteiger partial charge in [-0.2, -0.15) is 0 Å². The van der Waals surface area contributed by atoms with Crippen molar-refractivity contribution >= 4 is 15.7 Å². The summed E-state index contributed by atoms with van der Waals surface area (Å²) in [4.78, 5) is 2.10. The Balaban J connectivity index is 2.20. The summed E-state index contributed by atoms with van der Waals surface area (Å²) in [6.07, 6.45) is 0.436. The Morgan fingerprint density at radius 2 is 1.75 bits per heavy atom. The lowest BCUT2D eigenvalue weighted by Crippen LogP contribution is -2.46. The second-order valence-corrected chi connectivity index (χ2v) is 8.52. The minimum atomic E-state index is -3.48. The number of sulfonamides is 1. The van der Waals surface area contributed by atoms with Crippen molar-refractivity contribution in [1.29, 1.82) is 0 Å². The van der Waals surface area contributed by atoms with Crippen LogP contribution in [0.5, 0.6) is 0 Å². The van der Waals surface area contributed by atoms with E-state index in [1.807, 2.05) is 32.9 Å². The molecule has 0 amide bonds. The van der Waals surface area contributed by atoms with Crippen LogP contribution in [-0.4, -0.2) is 70.2 Å². The van der Waals surface area contributed by atoms with Crippen LogP contribution in [0.3, 0.4) is 0 Å². The number of nitrogens with zero attached hydrogens (tertiary/aromatic N) is 2. The van der Waals surface area contributed by atoms with E-state index in [1.165, 1.54) is 10.6 Å². The number of hydrogen-bond donors (Lipinski definition) is 1. The Kier molecular flexibility index (Phi) is 6.25. The largest absolute Gasteiger partial charge is 0.390 e. The molecule has 2 rings (SSSR count). The molecule has 24 heavy (non-hydrogen) atoms. The predicted octanol–water partition coefficient (Wildman–Crippen LogP) is 1.07. The van der Waals surface area contributed by atoms with E-state index in [2.05, 4.69) is 4.90 Å². The Morgan fingerprint density at radius 1 is 1.21 bits per heavy atom. The maximum Gasteiger partial charge on any atom is 0.232 e. The Hall–Kier alpha value is -1.15. The molecule has 1 aliphatic rings. The van der Waals surface area contributed by atoms with Gasteiger partial charge in [0.15, 0.2) is 0 Å². The molecule has 0 saturated carbocycles. The van der Waals surface area contributed by atoms with E-state index in [0.717, 1.165) is 29.8 Å². The molecule has 1 N–H and O–H groups in total. The van der Waals surface area contributed by atoms with Crippen molar-refractivity contribution in [2.24, 2.45) is 0 Å². The highest BCUT2D eigenvalue weighted by Gasteiger charge is 2.25. The second kappa shape index (κ2) is 7.82. The van der Waals surface area contributed by atoms with E-state index in [1.54, 1.807) is 0 Å². The number of anilines is 1. The highest BCUT2D eigenvalue weighted by molar-refractivity contribution is 7.92. The normalized spacial score (nSPS) is 17.7. The van der Waals surface area contributed by atoms with Crippen LogP contribution in [0.15, 0.2) is 12.1 Å². The number of β-amino-alcohol motifs (C(OH)–C–C–N with tert-alkyl or cyclic N) is 1. The number of hydrogen-bond acceptors (Lipinski definition) is 5. The third-order valence-electron chi connectivity index (χ3n) is 4.23. The molecule has 1 heterocycles. The monoisotopic (exact) mass is 356 g/mol. The van der Waals surface area contributed by atoms with Crippen molar-refractivity contribution in [2.45, 2.75) is 26.9 Å². The number of benzene rings is 1. The summed E-state index contributed by atoms with van der Waals surface area (Å²) in [5, 5.41) is 10.4. The Morgan fingerprint density at radius 3 is 2.25 bits per heavy atom. The Labute approximate surface area is 145 Å². The van der Waals surface area contributed by atoms with E-state index in [4.69, 9.17) is 4.74 Å². The molecule has 1 aromatic rings. The van der Waals surface area contributed by atoms with Crippen LogP contribution >= 0.6 is 0 Å². The van der Waals surface area contributed by atoms with E-state index >= 15 is 0 Å². The molecule has 1 atom stereocenters. The highest BCUT2D eigenvalue weighted by Crippen LogP contribution is 2.28. The first-order chi connectivity index (χ1) is 11.2. The first-order valence-corrected chi connectivity index (χ1v) is 10.1. The molecule has 1 saturated heterocycles. The summed E-state index contributed by atoms with van der Waals surface area (Å²) in [5.74, 6) is 0. The van der Waals surface area contributed by atoms with E-state index in [0.29, 0.717) is 25.4 Å². The molecular formula is C17H28N2O4S. The molecule has 0 radical (unpaired) electrons. The molecule has 0 aliphatic carbocycles. The van der Waals surface area contributed by atoms with Gasteiger partial charge in [0.2, 0.25) is 10.0 Å². The molecule has 0 bridgehead atoms. The van der Waals surface area contributed by atoms with Gasteiger partial charge in [-0.3, -0.25) is 9.21 Å². The quantitative estimate of drug-likeness (QED) is 0.826. The lowest BCUT2D eigenvalue weighted by atomic mass is 10.0. The highest BCUT2D eigenvalue weighted by atomic mass is 32.2. The molecule has 1 aromatic carbocycles. The zero-order valence-corrected chi connectivity index (χ0v) is 15.8. The molecule has 1 unspecified atom stereocenters. The molecule has 1 fully saturated rings. The lowest BCUT2D eigenvalue weighted by molar-refractivity contribution is 0.0166. The van der Waals surface area contributed by atoms with Crippen LogP contribution in [0.25, 0.3) is 0 Å². The molecule has 7 heteroatoms. The van der Waals surface area contributed by atoms with Gasteiger partial charge in [-0.1, -0.05) is 17.7 Å². The average molecular weight is 356 g/mol. The smallest absolute Gasteiger partial charge is 0.232 e. The maximum absolute atomic E-state index is 12.3. The van der Waals surface area contributed by atoms with Gasteiger partial charge in [0, 0.05) is 19.6 Å².